The zero-order chi connectivity index (χ0) is 12.4. The number of aromatic hydroxyl groups is 1. The summed E-state index contributed by atoms with van der Waals surface area (Å²) in [5.74, 6) is 0.548. The van der Waals surface area contributed by atoms with E-state index in [2.05, 4.69) is 0 Å². The molecule has 0 radical (unpaired) electrons. The van der Waals surface area contributed by atoms with Gasteiger partial charge in [-0.1, -0.05) is 6.92 Å². The number of rotatable bonds is 3. The van der Waals surface area contributed by atoms with Crippen molar-refractivity contribution in [3.05, 3.63) is 34.7 Å². The van der Waals surface area contributed by atoms with Crippen LogP contribution < -0.4 is 10.4 Å². The van der Waals surface area contributed by atoms with Crippen LogP contribution in [0.5, 0.6) is 11.5 Å². The van der Waals surface area contributed by atoms with E-state index < -0.39 is 5.63 Å². The SMILES string of the molecule is CCC(C)Oc1ccc2c(O)cc(=O)oc2c1. The first-order chi connectivity index (χ1) is 8.10. The molecule has 0 aliphatic rings. The fraction of sp³-hybridized carbons (Fsp3) is 0.308. The van der Waals surface area contributed by atoms with Gasteiger partial charge in [0, 0.05) is 6.07 Å². The molecular weight excluding hydrogens is 220 g/mol. The van der Waals surface area contributed by atoms with E-state index in [4.69, 9.17) is 9.15 Å². The van der Waals surface area contributed by atoms with Crippen molar-refractivity contribution in [2.24, 2.45) is 0 Å². The Labute approximate surface area is 98.4 Å². The Balaban J connectivity index is 2.46. The summed E-state index contributed by atoms with van der Waals surface area (Å²) in [7, 11) is 0. The fourth-order valence-electron chi connectivity index (χ4n) is 1.51. The number of fused-ring (bicyclic) bond motifs is 1. The highest BCUT2D eigenvalue weighted by Crippen LogP contribution is 2.26. The summed E-state index contributed by atoms with van der Waals surface area (Å²) in [6.45, 7) is 3.99. The van der Waals surface area contributed by atoms with E-state index in [0.717, 1.165) is 12.5 Å². The summed E-state index contributed by atoms with van der Waals surface area (Å²) in [4.78, 5) is 11.1. The van der Waals surface area contributed by atoms with Crippen molar-refractivity contribution >= 4 is 11.0 Å². The first kappa shape index (κ1) is 11.5. The van der Waals surface area contributed by atoms with Crippen LogP contribution in [0.15, 0.2) is 33.5 Å². The van der Waals surface area contributed by atoms with Crippen molar-refractivity contribution in [3.8, 4) is 11.5 Å². The van der Waals surface area contributed by atoms with Crippen molar-refractivity contribution < 1.29 is 14.3 Å². The minimum absolute atomic E-state index is 0.0775. The van der Waals surface area contributed by atoms with Crippen LogP contribution in [0.1, 0.15) is 20.3 Å². The van der Waals surface area contributed by atoms with E-state index >= 15 is 0 Å². The van der Waals surface area contributed by atoms with E-state index in [0.29, 0.717) is 16.7 Å². The van der Waals surface area contributed by atoms with E-state index in [1.807, 2.05) is 13.8 Å². The largest absolute Gasteiger partial charge is 0.507 e. The zero-order valence-corrected chi connectivity index (χ0v) is 9.77. The summed E-state index contributed by atoms with van der Waals surface area (Å²) in [5.41, 5.74) is -0.244. The predicted molar refractivity (Wildman–Crippen MR) is 64.5 cm³/mol. The highest BCUT2D eigenvalue weighted by molar-refractivity contribution is 5.83. The maximum absolute atomic E-state index is 11.1. The van der Waals surface area contributed by atoms with Crippen LogP contribution in [0, 0.1) is 0 Å². The monoisotopic (exact) mass is 234 g/mol. The average Bonchev–Trinajstić information content (AvgIpc) is 2.28. The zero-order valence-electron chi connectivity index (χ0n) is 9.77. The number of ether oxygens (including phenoxy) is 1. The van der Waals surface area contributed by atoms with E-state index in [-0.39, 0.29) is 11.9 Å². The summed E-state index contributed by atoms with van der Waals surface area (Å²) < 4.78 is 10.6. The maximum atomic E-state index is 11.1. The molecule has 4 nitrogen and oxygen atoms in total. The number of hydrogen-bond acceptors (Lipinski definition) is 4. The minimum Gasteiger partial charge on any atom is -0.507 e. The Kier molecular flexibility index (Phi) is 3.04. The normalized spacial score (nSPS) is 12.6. The van der Waals surface area contributed by atoms with Crippen LogP contribution in [0.2, 0.25) is 0 Å². The van der Waals surface area contributed by atoms with Gasteiger partial charge in [0.2, 0.25) is 0 Å². The quantitative estimate of drug-likeness (QED) is 0.829. The molecule has 0 spiro atoms. The molecule has 0 saturated carbocycles. The van der Waals surface area contributed by atoms with Gasteiger partial charge in [0.05, 0.1) is 17.6 Å². The summed E-state index contributed by atoms with van der Waals surface area (Å²) in [6.07, 6.45) is 0.985. The summed E-state index contributed by atoms with van der Waals surface area (Å²) in [5, 5.41) is 10.1. The molecule has 4 heteroatoms. The standard InChI is InChI=1S/C13H14O4/c1-3-8(2)16-9-4-5-10-11(14)7-13(15)17-12(10)6-9/h4-8,14H,3H2,1-2H3. The third kappa shape index (κ3) is 2.41. The molecule has 1 N–H and O–H groups in total. The Bertz CT molecular complexity index is 585. The van der Waals surface area contributed by atoms with Gasteiger partial charge in [-0.3, -0.25) is 0 Å². The molecule has 1 heterocycles. The van der Waals surface area contributed by atoms with Gasteiger partial charge < -0.3 is 14.3 Å². The molecule has 1 aromatic carbocycles. The third-order valence-electron chi connectivity index (χ3n) is 2.61. The Hall–Kier alpha value is -1.97. The van der Waals surface area contributed by atoms with Gasteiger partial charge in [-0.25, -0.2) is 4.79 Å². The van der Waals surface area contributed by atoms with Crippen LogP contribution >= 0.6 is 0 Å². The predicted octanol–water partition coefficient (Wildman–Crippen LogP) is 2.68. The van der Waals surface area contributed by atoms with Crippen LogP contribution in [0.4, 0.5) is 0 Å². The first-order valence-electron chi connectivity index (χ1n) is 5.53. The highest BCUT2D eigenvalue weighted by atomic mass is 16.5. The Morgan fingerprint density at radius 2 is 2.18 bits per heavy atom. The lowest BCUT2D eigenvalue weighted by Crippen LogP contribution is -2.09. The lowest BCUT2D eigenvalue weighted by molar-refractivity contribution is 0.217. The van der Waals surface area contributed by atoms with Gasteiger partial charge >= 0.3 is 5.63 Å². The summed E-state index contributed by atoms with van der Waals surface area (Å²) in [6, 6.07) is 6.08. The number of benzene rings is 1. The molecule has 90 valence electrons. The molecule has 2 aromatic rings. The number of hydrogen-bond donors (Lipinski definition) is 1. The van der Waals surface area contributed by atoms with Gasteiger partial charge in [0.15, 0.2) is 0 Å². The van der Waals surface area contributed by atoms with Gasteiger partial charge in [0.25, 0.3) is 0 Å². The van der Waals surface area contributed by atoms with Gasteiger partial charge in [-0.15, -0.1) is 0 Å². The molecule has 0 bridgehead atoms. The molecule has 0 saturated heterocycles. The summed E-state index contributed by atoms with van der Waals surface area (Å²) >= 11 is 0. The fourth-order valence-corrected chi connectivity index (χ4v) is 1.51. The third-order valence-corrected chi connectivity index (χ3v) is 2.61. The minimum atomic E-state index is -0.573. The van der Waals surface area contributed by atoms with Crippen molar-refractivity contribution in [3.63, 3.8) is 0 Å². The maximum Gasteiger partial charge on any atom is 0.339 e. The average molecular weight is 234 g/mol. The molecule has 1 atom stereocenters. The molecular formula is C13H14O4. The molecule has 0 fully saturated rings. The molecule has 0 aliphatic carbocycles. The lowest BCUT2D eigenvalue weighted by Gasteiger charge is -2.12. The second-order valence-electron chi connectivity index (χ2n) is 3.95. The molecule has 17 heavy (non-hydrogen) atoms. The van der Waals surface area contributed by atoms with Crippen LogP contribution in [0.3, 0.4) is 0 Å². The topological polar surface area (TPSA) is 59.7 Å². The highest BCUT2D eigenvalue weighted by Gasteiger charge is 2.07. The van der Waals surface area contributed by atoms with Crippen LogP contribution in [0.25, 0.3) is 11.0 Å². The molecule has 0 amide bonds. The smallest absolute Gasteiger partial charge is 0.339 e. The van der Waals surface area contributed by atoms with Crippen molar-refractivity contribution in [1.29, 1.82) is 0 Å². The van der Waals surface area contributed by atoms with Crippen molar-refractivity contribution in [2.75, 3.05) is 0 Å². The lowest BCUT2D eigenvalue weighted by atomic mass is 10.2. The molecule has 1 aromatic heterocycles. The Morgan fingerprint density at radius 3 is 2.88 bits per heavy atom. The van der Waals surface area contributed by atoms with Crippen molar-refractivity contribution in [1.82, 2.24) is 0 Å². The molecule has 0 aliphatic heterocycles. The van der Waals surface area contributed by atoms with Gasteiger partial charge in [-0.05, 0) is 25.5 Å². The van der Waals surface area contributed by atoms with Gasteiger partial charge in [0.1, 0.15) is 17.1 Å². The first-order valence-corrected chi connectivity index (χ1v) is 5.53. The van der Waals surface area contributed by atoms with E-state index in [9.17, 15) is 9.90 Å². The van der Waals surface area contributed by atoms with E-state index in [1.165, 1.54) is 0 Å². The second kappa shape index (κ2) is 4.49. The Morgan fingerprint density at radius 1 is 1.41 bits per heavy atom. The molecule has 1 unspecified atom stereocenters. The van der Waals surface area contributed by atoms with Crippen LogP contribution in [-0.4, -0.2) is 11.2 Å². The van der Waals surface area contributed by atoms with E-state index in [1.54, 1.807) is 18.2 Å². The van der Waals surface area contributed by atoms with Crippen LogP contribution in [-0.2, 0) is 0 Å². The second-order valence-corrected chi connectivity index (χ2v) is 3.95. The van der Waals surface area contributed by atoms with Gasteiger partial charge in [-0.2, -0.15) is 0 Å². The molecule has 2 rings (SSSR count). The van der Waals surface area contributed by atoms with Crippen molar-refractivity contribution in [2.45, 2.75) is 26.4 Å².